The summed E-state index contributed by atoms with van der Waals surface area (Å²) in [6, 6.07) is 0.530. The van der Waals surface area contributed by atoms with Crippen molar-refractivity contribution in [1.29, 1.82) is 0 Å². The number of nitrogens with one attached hydrogen (secondary N) is 1. The number of H-pyrrole nitrogens is 1. The molecule has 0 aromatic carbocycles. The highest BCUT2D eigenvalue weighted by atomic mass is 19.4. The molecule has 2 aromatic heterocycles. The summed E-state index contributed by atoms with van der Waals surface area (Å²) in [6.07, 6.45) is -2.48. The maximum absolute atomic E-state index is 12.6. The number of alkyl halides is 3. The fourth-order valence-corrected chi connectivity index (χ4v) is 3.10. The highest BCUT2D eigenvalue weighted by Gasteiger charge is 2.39. The Labute approximate surface area is 133 Å². The summed E-state index contributed by atoms with van der Waals surface area (Å²) in [7, 11) is 0. The molecule has 1 amide bonds. The van der Waals surface area contributed by atoms with Crippen LogP contribution in [0.25, 0.3) is 0 Å². The van der Waals surface area contributed by atoms with E-state index in [1.54, 1.807) is 10.9 Å². The smallest absolute Gasteiger partial charge is 0.370 e. The molecule has 2 aromatic rings. The van der Waals surface area contributed by atoms with Gasteiger partial charge in [-0.25, -0.2) is 4.68 Å². The van der Waals surface area contributed by atoms with Crippen molar-refractivity contribution in [3.63, 3.8) is 0 Å². The van der Waals surface area contributed by atoms with Crippen molar-refractivity contribution in [3.8, 4) is 0 Å². The first-order valence-electron chi connectivity index (χ1n) is 7.36. The van der Waals surface area contributed by atoms with Gasteiger partial charge in [0.1, 0.15) is 5.69 Å². The van der Waals surface area contributed by atoms with Gasteiger partial charge in [0.05, 0.1) is 30.6 Å². The summed E-state index contributed by atoms with van der Waals surface area (Å²) in [5, 5.41) is 13.2. The molecule has 128 valence electrons. The van der Waals surface area contributed by atoms with Crippen LogP contribution in [0.4, 0.5) is 13.2 Å². The second-order valence-electron chi connectivity index (χ2n) is 5.79. The van der Waals surface area contributed by atoms with Crippen molar-refractivity contribution in [2.75, 3.05) is 13.1 Å². The Morgan fingerprint density at radius 1 is 1.42 bits per heavy atom. The van der Waals surface area contributed by atoms with E-state index in [1.165, 1.54) is 4.90 Å². The number of carbonyl (C=O) groups excluding carboxylic acids is 1. The molecule has 2 aliphatic heterocycles. The summed E-state index contributed by atoms with van der Waals surface area (Å²) in [6.45, 7) is 1.09. The quantitative estimate of drug-likeness (QED) is 0.835. The summed E-state index contributed by atoms with van der Waals surface area (Å²) >= 11 is 0. The van der Waals surface area contributed by atoms with E-state index in [-0.39, 0.29) is 24.4 Å². The van der Waals surface area contributed by atoms with Gasteiger partial charge in [0.15, 0.2) is 5.69 Å². The van der Waals surface area contributed by atoms with Gasteiger partial charge >= 0.3 is 6.18 Å². The van der Waals surface area contributed by atoms with Gasteiger partial charge in [-0.3, -0.25) is 9.89 Å². The molecule has 0 saturated carbocycles. The molecular formula is C13H13F3N6O2. The van der Waals surface area contributed by atoms with Crippen LogP contribution in [-0.4, -0.2) is 55.2 Å². The molecule has 1 saturated heterocycles. The lowest BCUT2D eigenvalue weighted by Crippen LogP contribution is -2.50. The molecule has 0 spiro atoms. The third kappa shape index (κ3) is 2.44. The number of likely N-dealkylation sites (tertiary alicyclic amines) is 1. The van der Waals surface area contributed by atoms with Crippen molar-refractivity contribution >= 4 is 5.91 Å². The number of halogens is 3. The van der Waals surface area contributed by atoms with Crippen molar-refractivity contribution < 1.29 is 22.7 Å². The molecule has 0 aliphatic carbocycles. The number of rotatable bonds is 1. The van der Waals surface area contributed by atoms with Crippen LogP contribution >= 0.6 is 0 Å². The van der Waals surface area contributed by atoms with Crippen molar-refractivity contribution in [1.82, 2.24) is 30.1 Å². The zero-order valence-electron chi connectivity index (χ0n) is 12.3. The summed E-state index contributed by atoms with van der Waals surface area (Å²) in [5.41, 5.74) is -0.485. The van der Waals surface area contributed by atoms with Gasteiger partial charge in [-0.2, -0.15) is 18.3 Å². The van der Waals surface area contributed by atoms with Gasteiger partial charge < -0.3 is 9.64 Å². The van der Waals surface area contributed by atoms with Crippen molar-refractivity contribution in [3.05, 3.63) is 29.3 Å². The standard InChI is InChI=1S/C13H13F3N6O2/c14-13(15,16)11-3-8(18-19-11)12(23)21-2-1-10-9(5-21)22-7(6-24-10)4-17-20-22/h3-4,9-10H,1-2,5-6H2,(H,18,19)/t9-,10-/m0/s1. The highest BCUT2D eigenvalue weighted by molar-refractivity contribution is 5.92. The van der Waals surface area contributed by atoms with Crippen LogP contribution in [0.2, 0.25) is 0 Å². The van der Waals surface area contributed by atoms with Crippen LogP contribution in [0.1, 0.15) is 34.3 Å². The number of hydrogen-bond donors (Lipinski definition) is 1. The van der Waals surface area contributed by atoms with E-state index < -0.39 is 17.8 Å². The van der Waals surface area contributed by atoms with Crippen LogP contribution in [0.15, 0.2) is 12.3 Å². The van der Waals surface area contributed by atoms with E-state index in [9.17, 15) is 18.0 Å². The first-order chi connectivity index (χ1) is 11.4. The van der Waals surface area contributed by atoms with E-state index in [0.29, 0.717) is 19.6 Å². The molecular weight excluding hydrogens is 329 g/mol. The molecule has 24 heavy (non-hydrogen) atoms. The number of aromatic amines is 1. The Morgan fingerprint density at radius 2 is 2.25 bits per heavy atom. The fraction of sp³-hybridized carbons (Fsp3) is 0.538. The van der Waals surface area contributed by atoms with E-state index in [1.807, 2.05) is 5.10 Å². The molecule has 0 unspecified atom stereocenters. The van der Waals surface area contributed by atoms with Gasteiger partial charge in [0.25, 0.3) is 5.91 Å². The maximum Gasteiger partial charge on any atom is 0.432 e. The molecule has 0 radical (unpaired) electrons. The summed E-state index contributed by atoms with van der Waals surface area (Å²) in [4.78, 5) is 13.9. The molecule has 2 aliphatic rings. The molecule has 0 bridgehead atoms. The molecule has 11 heteroatoms. The van der Waals surface area contributed by atoms with Crippen LogP contribution < -0.4 is 0 Å². The number of aromatic nitrogens is 5. The summed E-state index contributed by atoms with van der Waals surface area (Å²) in [5.74, 6) is -0.549. The minimum absolute atomic E-state index is 0.0897. The van der Waals surface area contributed by atoms with Crippen molar-refractivity contribution in [2.24, 2.45) is 0 Å². The third-order valence-electron chi connectivity index (χ3n) is 4.32. The molecule has 1 N–H and O–H groups in total. The van der Waals surface area contributed by atoms with E-state index in [4.69, 9.17) is 4.74 Å². The first-order valence-corrected chi connectivity index (χ1v) is 7.36. The number of carbonyl (C=O) groups is 1. The SMILES string of the molecule is O=C(c1cc(C(F)(F)F)[nH]n1)N1CC[C@@H]2OCc3cnnn3[C@H]2C1. The lowest BCUT2D eigenvalue weighted by Gasteiger charge is -2.40. The largest absolute Gasteiger partial charge is 0.432 e. The topological polar surface area (TPSA) is 88.9 Å². The highest BCUT2D eigenvalue weighted by Crippen LogP contribution is 2.31. The number of fused-ring (bicyclic) bond motifs is 3. The number of piperidine rings is 1. The molecule has 4 rings (SSSR count). The second kappa shape index (κ2) is 5.30. The van der Waals surface area contributed by atoms with E-state index in [2.05, 4.69) is 15.4 Å². The number of amides is 1. The minimum atomic E-state index is -4.56. The third-order valence-corrected chi connectivity index (χ3v) is 4.32. The minimum Gasteiger partial charge on any atom is -0.370 e. The van der Waals surface area contributed by atoms with Gasteiger partial charge in [-0.05, 0) is 6.42 Å². The zero-order valence-corrected chi connectivity index (χ0v) is 12.3. The zero-order chi connectivity index (χ0) is 16.9. The predicted molar refractivity (Wildman–Crippen MR) is 71.7 cm³/mol. The van der Waals surface area contributed by atoms with E-state index in [0.717, 1.165) is 11.8 Å². The Hall–Kier alpha value is -2.43. The Morgan fingerprint density at radius 3 is 3.00 bits per heavy atom. The van der Waals surface area contributed by atoms with Crippen LogP contribution in [0, 0.1) is 0 Å². The molecule has 1 fully saturated rings. The fourth-order valence-electron chi connectivity index (χ4n) is 3.10. The van der Waals surface area contributed by atoms with Crippen LogP contribution in [0.5, 0.6) is 0 Å². The second-order valence-corrected chi connectivity index (χ2v) is 5.79. The average Bonchev–Trinajstić information content (AvgIpc) is 3.22. The van der Waals surface area contributed by atoms with Gasteiger partial charge in [0, 0.05) is 19.2 Å². The monoisotopic (exact) mass is 342 g/mol. The maximum atomic E-state index is 12.6. The Bertz CT molecular complexity index is 770. The Balaban J connectivity index is 1.54. The average molecular weight is 342 g/mol. The Kier molecular flexibility index (Phi) is 3.34. The molecule has 2 atom stereocenters. The first kappa shape index (κ1) is 15.1. The lowest BCUT2D eigenvalue weighted by molar-refractivity contribution is -0.141. The number of ether oxygens (including phenoxy) is 1. The van der Waals surface area contributed by atoms with E-state index >= 15 is 0 Å². The molecule has 8 nitrogen and oxygen atoms in total. The van der Waals surface area contributed by atoms with Crippen LogP contribution in [0.3, 0.4) is 0 Å². The predicted octanol–water partition coefficient (Wildman–Crippen LogP) is 1.01. The molecule has 4 heterocycles. The lowest BCUT2D eigenvalue weighted by atomic mass is 10.00. The number of hydrogen-bond acceptors (Lipinski definition) is 5. The number of nitrogens with zero attached hydrogens (tertiary/aromatic N) is 5. The normalized spacial score (nSPS) is 23.7. The van der Waals surface area contributed by atoms with Crippen LogP contribution in [-0.2, 0) is 17.5 Å². The van der Waals surface area contributed by atoms with Gasteiger partial charge in [-0.1, -0.05) is 5.21 Å². The van der Waals surface area contributed by atoms with Gasteiger partial charge in [-0.15, -0.1) is 5.10 Å². The van der Waals surface area contributed by atoms with Gasteiger partial charge in [0.2, 0.25) is 0 Å². The summed E-state index contributed by atoms with van der Waals surface area (Å²) < 4.78 is 45.3. The van der Waals surface area contributed by atoms with Crippen molar-refractivity contribution in [2.45, 2.75) is 31.3 Å².